The number of rotatable bonds is 5. The monoisotopic (exact) mass is 335 g/mol. The van der Waals surface area contributed by atoms with E-state index >= 15 is 0 Å². The van der Waals surface area contributed by atoms with E-state index in [1.165, 1.54) is 19.2 Å². The summed E-state index contributed by atoms with van der Waals surface area (Å²) in [6, 6.07) is 12.1. The Kier molecular flexibility index (Phi) is 5.71. The van der Waals surface area contributed by atoms with Crippen LogP contribution < -0.4 is 5.32 Å². The van der Waals surface area contributed by atoms with Crippen molar-refractivity contribution in [3.63, 3.8) is 0 Å². The number of esters is 1. The summed E-state index contributed by atoms with van der Waals surface area (Å²) in [5.74, 6) is -2.13. The molecule has 1 N–H and O–H groups in total. The number of carbonyl (C=O) groups is 2. The molecular weight excluding hydrogens is 321 g/mol. The lowest BCUT2D eigenvalue weighted by Crippen LogP contribution is -2.43. The number of nitrogens with one attached hydrogen (secondary N) is 1. The number of benzene rings is 2. The quantitative estimate of drug-likeness (QED) is 0.855. The third-order valence-electron chi connectivity index (χ3n) is 3.26. The highest BCUT2D eigenvalue weighted by Gasteiger charge is 2.25. The molecule has 1 atom stereocenters. The van der Waals surface area contributed by atoms with Crippen molar-refractivity contribution < 1.29 is 18.7 Å². The molecule has 0 bridgehead atoms. The minimum absolute atomic E-state index is 0.0224. The zero-order chi connectivity index (χ0) is 16.8. The molecule has 0 spiro atoms. The number of hydrogen-bond acceptors (Lipinski definition) is 3. The van der Waals surface area contributed by atoms with Crippen LogP contribution >= 0.6 is 11.6 Å². The molecule has 0 saturated carbocycles. The van der Waals surface area contributed by atoms with Crippen LogP contribution in [0.1, 0.15) is 15.9 Å². The Bertz CT molecular complexity index is 686. The first-order valence-corrected chi connectivity index (χ1v) is 7.27. The van der Waals surface area contributed by atoms with Crippen LogP contribution in [-0.2, 0) is 16.0 Å². The highest BCUT2D eigenvalue weighted by Crippen LogP contribution is 2.19. The van der Waals surface area contributed by atoms with E-state index in [1.807, 2.05) is 30.3 Å². The minimum Gasteiger partial charge on any atom is -0.467 e. The Hall–Kier alpha value is -2.40. The first kappa shape index (κ1) is 17.0. The van der Waals surface area contributed by atoms with Gasteiger partial charge in [-0.15, -0.1) is 0 Å². The van der Waals surface area contributed by atoms with Crippen molar-refractivity contribution >= 4 is 23.5 Å². The first-order valence-electron chi connectivity index (χ1n) is 6.89. The lowest BCUT2D eigenvalue weighted by atomic mass is 10.1. The minimum atomic E-state index is -0.939. The number of ether oxygens (including phenoxy) is 1. The smallest absolute Gasteiger partial charge is 0.328 e. The van der Waals surface area contributed by atoms with E-state index in [2.05, 4.69) is 5.32 Å². The molecule has 2 rings (SSSR count). The normalized spacial score (nSPS) is 11.6. The number of amides is 1. The highest BCUT2D eigenvalue weighted by molar-refractivity contribution is 6.33. The average molecular weight is 336 g/mol. The van der Waals surface area contributed by atoms with E-state index in [0.717, 1.165) is 11.6 Å². The molecule has 6 heteroatoms. The Morgan fingerprint density at radius 3 is 2.48 bits per heavy atom. The van der Waals surface area contributed by atoms with Crippen LogP contribution in [0.15, 0.2) is 48.5 Å². The zero-order valence-electron chi connectivity index (χ0n) is 12.4. The fourth-order valence-electron chi connectivity index (χ4n) is 2.13. The van der Waals surface area contributed by atoms with Crippen molar-refractivity contribution in [1.29, 1.82) is 0 Å². The van der Waals surface area contributed by atoms with E-state index in [1.54, 1.807) is 0 Å². The summed E-state index contributed by atoms with van der Waals surface area (Å²) >= 11 is 5.86. The summed E-state index contributed by atoms with van der Waals surface area (Å²) in [7, 11) is 1.22. The third kappa shape index (κ3) is 4.29. The number of methoxy groups -OCH3 is 1. The molecule has 0 saturated heterocycles. The van der Waals surface area contributed by atoms with E-state index in [0.29, 0.717) is 0 Å². The molecule has 0 aliphatic heterocycles. The molecule has 2 aromatic carbocycles. The van der Waals surface area contributed by atoms with Gasteiger partial charge in [-0.3, -0.25) is 4.79 Å². The predicted octanol–water partition coefficient (Wildman–Crippen LogP) is 2.99. The van der Waals surface area contributed by atoms with Crippen molar-refractivity contribution in [3.05, 3.63) is 70.5 Å². The largest absolute Gasteiger partial charge is 0.467 e. The maximum atomic E-state index is 13.8. The second kappa shape index (κ2) is 7.74. The van der Waals surface area contributed by atoms with Gasteiger partial charge in [-0.2, -0.15) is 0 Å². The summed E-state index contributed by atoms with van der Waals surface area (Å²) in [6.07, 6.45) is 0.228. The first-order chi connectivity index (χ1) is 11.0. The van der Waals surface area contributed by atoms with Gasteiger partial charge in [0, 0.05) is 6.42 Å². The molecule has 4 nitrogen and oxygen atoms in total. The predicted molar refractivity (Wildman–Crippen MR) is 84.8 cm³/mol. The molecule has 0 aliphatic rings. The van der Waals surface area contributed by atoms with Crippen LogP contribution in [-0.4, -0.2) is 25.0 Å². The van der Waals surface area contributed by atoms with Gasteiger partial charge in [0.2, 0.25) is 0 Å². The second-order valence-electron chi connectivity index (χ2n) is 4.84. The van der Waals surface area contributed by atoms with Gasteiger partial charge in [-0.05, 0) is 17.7 Å². The van der Waals surface area contributed by atoms with Crippen LogP contribution in [0, 0.1) is 5.82 Å². The molecule has 0 heterocycles. The zero-order valence-corrected chi connectivity index (χ0v) is 13.1. The van der Waals surface area contributed by atoms with Gasteiger partial charge in [-0.25, -0.2) is 9.18 Å². The Balaban J connectivity index is 2.21. The van der Waals surface area contributed by atoms with Crippen LogP contribution in [0.2, 0.25) is 5.02 Å². The van der Waals surface area contributed by atoms with E-state index in [9.17, 15) is 14.0 Å². The molecule has 0 aromatic heterocycles. The summed E-state index contributed by atoms with van der Waals surface area (Å²) in [5.41, 5.74) is 0.541. The SMILES string of the molecule is COC(=O)C(Cc1ccccc1)NC(=O)c1c(F)cccc1Cl. The van der Waals surface area contributed by atoms with Crippen LogP contribution in [0.5, 0.6) is 0 Å². The Morgan fingerprint density at radius 1 is 1.17 bits per heavy atom. The van der Waals surface area contributed by atoms with Crippen LogP contribution in [0.3, 0.4) is 0 Å². The second-order valence-corrected chi connectivity index (χ2v) is 5.24. The van der Waals surface area contributed by atoms with E-state index in [-0.39, 0.29) is 17.0 Å². The van der Waals surface area contributed by atoms with E-state index in [4.69, 9.17) is 16.3 Å². The lowest BCUT2D eigenvalue weighted by molar-refractivity contribution is -0.142. The van der Waals surface area contributed by atoms with Gasteiger partial charge in [0.25, 0.3) is 5.91 Å². The summed E-state index contributed by atoms with van der Waals surface area (Å²) in [6.45, 7) is 0. The topological polar surface area (TPSA) is 55.4 Å². The van der Waals surface area contributed by atoms with Crippen LogP contribution in [0.25, 0.3) is 0 Å². The van der Waals surface area contributed by atoms with Crippen molar-refractivity contribution in [2.75, 3.05) is 7.11 Å². The fraction of sp³-hybridized carbons (Fsp3) is 0.176. The highest BCUT2D eigenvalue weighted by atomic mass is 35.5. The molecule has 1 amide bonds. The van der Waals surface area contributed by atoms with Gasteiger partial charge in [-0.1, -0.05) is 48.0 Å². The molecule has 1 unspecified atom stereocenters. The Labute approximate surface area is 138 Å². The van der Waals surface area contributed by atoms with Crippen molar-refractivity contribution in [1.82, 2.24) is 5.32 Å². The standard InChI is InChI=1S/C17H15ClFNO3/c1-23-17(22)14(10-11-6-3-2-4-7-11)20-16(21)15-12(18)8-5-9-13(15)19/h2-9,14H,10H2,1H3,(H,20,21). The number of hydrogen-bond donors (Lipinski definition) is 1. The number of halogens is 2. The van der Waals surface area contributed by atoms with Crippen LogP contribution in [0.4, 0.5) is 4.39 Å². The maximum Gasteiger partial charge on any atom is 0.328 e. The van der Waals surface area contributed by atoms with E-state index < -0.39 is 23.7 Å². The summed E-state index contributed by atoms with van der Waals surface area (Å²) < 4.78 is 18.5. The molecule has 23 heavy (non-hydrogen) atoms. The van der Waals surface area contributed by atoms with Gasteiger partial charge in [0.1, 0.15) is 11.9 Å². The summed E-state index contributed by atoms with van der Waals surface area (Å²) in [4.78, 5) is 24.2. The van der Waals surface area contributed by atoms with Gasteiger partial charge < -0.3 is 10.1 Å². The van der Waals surface area contributed by atoms with Gasteiger partial charge >= 0.3 is 5.97 Å². The summed E-state index contributed by atoms with van der Waals surface area (Å²) in [5, 5.41) is 2.45. The van der Waals surface area contributed by atoms with Crippen molar-refractivity contribution in [3.8, 4) is 0 Å². The lowest BCUT2D eigenvalue weighted by Gasteiger charge is -2.17. The van der Waals surface area contributed by atoms with Crippen molar-refractivity contribution in [2.45, 2.75) is 12.5 Å². The Morgan fingerprint density at radius 2 is 1.87 bits per heavy atom. The molecule has 0 fully saturated rings. The third-order valence-corrected chi connectivity index (χ3v) is 3.58. The molecular formula is C17H15ClFNO3. The van der Waals surface area contributed by atoms with Gasteiger partial charge in [0.05, 0.1) is 17.7 Å². The number of carbonyl (C=O) groups excluding carboxylic acids is 2. The molecule has 120 valence electrons. The van der Waals surface area contributed by atoms with Gasteiger partial charge in [0.15, 0.2) is 0 Å². The maximum absolute atomic E-state index is 13.8. The molecule has 0 aliphatic carbocycles. The molecule has 2 aromatic rings. The average Bonchev–Trinajstić information content (AvgIpc) is 2.54. The molecule has 0 radical (unpaired) electrons. The fourth-order valence-corrected chi connectivity index (χ4v) is 2.38. The van der Waals surface area contributed by atoms with Crippen molar-refractivity contribution in [2.24, 2.45) is 0 Å².